The van der Waals surface area contributed by atoms with Crippen molar-refractivity contribution in [3.8, 4) is 11.6 Å². The van der Waals surface area contributed by atoms with Crippen LogP contribution in [-0.2, 0) is 4.79 Å². The normalized spacial score (nSPS) is 11.1. The Hall–Kier alpha value is -1.76. The lowest BCUT2D eigenvalue weighted by molar-refractivity contribution is -0.115. The number of carbonyl (C=O) groups is 1. The van der Waals surface area contributed by atoms with E-state index in [1.807, 2.05) is 24.5 Å². The van der Waals surface area contributed by atoms with E-state index in [4.69, 9.17) is 10.2 Å². The van der Waals surface area contributed by atoms with Crippen molar-refractivity contribution in [2.75, 3.05) is 5.75 Å². The smallest absolute Gasteiger partial charge is 0.227 e. The molecule has 2 rings (SSSR count). The Bertz CT molecular complexity index is 533. The Morgan fingerprint density at radius 1 is 1.56 bits per heavy atom. The van der Waals surface area contributed by atoms with Crippen molar-refractivity contribution in [3.05, 3.63) is 18.4 Å². The summed E-state index contributed by atoms with van der Waals surface area (Å²) in [4.78, 5) is 10.8. The number of nitrogens with two attached hydrogens (primary N) is 1. The molecule has 2 aromatic rings. The van der Waals surface area contributed by atoms with E-state index in [1.165, 1.54) is 11.8 Å². The third-order valence-electron chi connectivity index (χ3n) is 2.27. The van der Waals surface area contributed by atoms with Crippen LogP contribution in [0.25, 0.3) is 11.6 Å². The van der Waals surface area contributed by atoms with E-state index in [9.17, 15) is 4.79 Å². The number of nitrogens with zero attached hydrogens (tertiary/aromatic N) is 3. The zero-order valence-corrected chi connectivity index (χ0v) is 11.0. The van der Waals surface area contributed by atoms with Crippen molar-refractivity contribution < 1.29 is 9.21 Å². The molecule has 0 bridgehead atoms. The maximum atomic E-state index is 10.8. The monoisotopic (exact) mass is 266 g/mol. The highest BCUT2D eigenvalue weighted by Crippen LogP contribution is 2.27. The topological polar surface area (TPSA) is 86.9 Å². The van der Waals surface area contributed by atoms with Crippen LogP contribution in [0, 0.1) is 0 Å². The average molecular weight is 266 g/mol. The zero-order valence-electron chi connectivity index (χ0n) is 10.2. The van der Waals surface area contributed by atoms with Crippen molar-refractivity contribution in [1.82, 2.24) is 14.8 Å². The first kappa shape index (κ1) is 12.7. The number of rotatable bonds is 5. The minimum Gasteiger partial charge on any atom is -0.461 e. The highest BCUT2D eigenvalue weighted by atomic mass is 32.2. The number of carbonyl (C=O) groups excluding carboxylic acids is 1. The molecule has 0 aromatic carbocycles. The van der Waals surface area contributed by atoms with Gasteiger partial charge in [-0.2, -0.15) is 0 Å². The number of hydrogen-bond donors (Lipinski definition) is 1. The SMILES string of the molecule is CC(C)n1c(SCC(N)=O)nnc1-c1ccco1. The highest BCUT2D eigenvalue weighted by molar-refractivity contribution is 7.99. The molecule has 7 heteroatoms. The summed E-state index contributed by atoms with van der Waals surface area (Å²) in [5.74, 6) is 1.12. The lowest BCUT2D eigenvalue weighted by Gasteiger charge is -2.11. The summed E-state index contributed by atoms with van der Waals surface area (Å²) >= 11 is 1.27. The maximum absolute atomic E-state index is 10.8. The molecule has 0 atom stereocenters. The number of primary amides is 1. The fourth-order valence-electron chi connectivity index (χ4n) is 1.55. The first-order valence-corrected chi connectivity index (χ1v) is 6.48. The largest absolute Gasteiger partial charge is 0.461 e. The molecule has 0 radical (unpaired) electrons. The molecule has 0 unspecified atom stereocenters. The van der Waals surface area contributed by atoms with Gasteiger partial charge < -0.3 is 10.2 Å². The lowest BCUT2D eigenvalue weighted by atomic mass is 10.3. The Labute approximate surface area is 109 Å². The molecule has 0 spiro atoms. The predicted molar refractivity (Wildman–Crippen MR) is 68.0 cm³/mol. The summed E-state index contributed by atoms with van der Waals surface area (Å²) < 4.78 is 7.25. The van der Waals surface area contributed by atoms with Gasteiger partial charge in [-0.05, 0) is 26.0 Å². The van der Waals surface area contributed by atoms with Crippen LogP contribution in [-0.4, -0.2) is 26.4 Å². The Morgan fingerprint density at radius 2 is 2.33 bits per heavy atom. The van der Waals surface area contributed by atoms with Gasteiger partial charge >= 0.3 is 0 Å². The van der Waals surface area contributed by atoms with E-state index in [1.54, 1.807) is 12.3 Å². The van der Waals surface area contributed by atoms with Crippen molar-refractivity contribution in [2.24, 2.45) is 5.73 Å². The summed E-state index contributed by atoms with van der Waals surface area (Å²) in [6.45, 7) is 4.04. The number of aromatic nitrogens is 3. The lowest BCUT2D eigenvalue weighted by Crippen LogP contribution is -2.14. The summed E-state index contributed by atoms with van der Waals surface area (Å²) in [5.41, 5.74) is 5.13. The summed E-state index contributed by atoms with van der Waals surface area (Å²) in [5, 5.41) is 8.84. The fraction of sp³-hybridized carbons (Fsp3) is 0.364. The van der Waals surface area contributed by atoms with Gasteiger partial charge in [-0.3, -0.25) is 9.36 Å². The van der Waals surface area contributed by atoms with Crippen LogP contribution in [0.15, 0.2) is 28.0 Å². The molecule has 6 nitrogen and oxygen atoms in total. The van der Waals surface area contributed by atoms with Crippen LogP contribution in [0.2, 0.25) is 0 Å². The summed E-state index contributed by atoms with van der Waals surface area (Å²) in [6.07, 6.45) is 1.59. The molecular formula is C11H14N4O2S. The first-order chi connectivity index (χ1) is 8.59. The van der Waals surface area contributed by atoms with Crippen molar-refractivity contribution >= 4 is 17.7 Å². The number of amides is 1. The van der Waals surface area contributed by atoms with Gasteiger partial charge in [-0.25, -0.2) is 0 Å². The molecule has 96 valence electrons. The number of thioether (sulfide) groups is 1. The molecule has 1 amide bonds. The fourth-order valence-corrected chi connectivity index (χ4v) is 2.36. The van der Waals surface area contributed by atoms with Gasteiger partial charge in [0.15, 0.2) is 10.9 Å². The third-order valence-corrected chi connectivity index (χ3v) is 3.23. The second-order valence-corrected chi connectivity index (χ2v) is 4.94. The second-order valence-electron chi connectivity index (χ2n) is 4.00. The quantitative estimate of drug-likeness (QED) is 0.832. The molecule has 2 N–H and O–H groups in total. The van der Waals surface area contributed by atoms with E-state index in [0.29, 0.717) is 16.7 Å². The Balaban J connectivity index is 2.34. The van der Waals surface area contributed by atoms with Crippen LogP contribution in [0.1, 0.15) is 19.9 Å². The molecule has 0 fully saturated rings. The van der Waals surface area contributed by atoms with Gasteiger partial charge in [-0.15, -0.1) is 10.2 Å². The first-order valence-electron chi connectivity index (χ1n) is 5.49. The van der Waals surface area contributed by atoms with Gasteiger partial charge in [-0.1, -0.05) is 11.8 Å². The van der Waals surface area contributed by atoms with Crippen LogP contribution >= 0.6 is 11.8 Å². The molecule has 2 heterocycles. The van der Waals surface area contributed by atoms with Gasteiger partial charge in [0, 0.05) is 6.04 Å². The van der Waals surface area contributed by atoms with Gasteiger partial charge in [0.05, 0.1) is 12.0 Å². The van der Waals surface area contributed by atoms with E-state index in [2.05, 4.69) is 10.2 Å². The van der Waals surface area contributed by atoms with Crippen LogP contribution < -0.4 is 5.73 Å². The van der Waals surface area contributed by atoms with Gasteiger partial charge in [0.25, 0.3) is 0 Å². The van der Waals surface area contributed by atoms with E-state index in [-0.39, 0.29) is 17.7 Å². The maximum Gasteiger partial charge on any atom is 0.227 e. The van der Waals surface area contributed by atoms with Gasteiger partial charge in [0.1, 0.15) is 0 Å². The molecule has 0 aliphatic carbocycles. The molecule has 2 aromatic heterocycles. The van der Waals surface area contributed by atoms with Crippen molar-refractivity contribution in [2.45, 2.75) is 25.0 Å². The van der Waals surface area contributed by atoms with Crippen molar-refractivity contribution in [3.63, 3.8) is 0 Å². The third kappa shape index (κ3) is 2.56. The molecule has 0 saturated carbocycles. The second kappa shape index (κ2) is 5.26. The molecule has 0 saturated heterocycles. The van der Waals surface area contributed by atoms with E-state index in [0.717, 1.165) is 0 Å². The number of furan rings is 1. The molecule has 18 heavy (non-hydrogen) atoms. The average Bonchev–Trinajstić information content (AvgIpc) is 2.94. The zero-order chi connectivity index (χ0) is 13.1. The number of hydrogen-bond acceptors (Lipinski definition) is 5. The van der Waals surface area contributed by atoms with Crippen LogP contribution in [0.3, 0.4) is 0 Å². The van der Waals surface area contributed by atoms with E-state index >= 15 is 0 Å². The Kier molecular flexibility index (Phi) is 3.71. The molecule has 0 aliphatic rings. The van der Waals surface area contributed by atoms with Crippen LogP contribution in [0.4, 0.5) is 0 Å². The molecular weight excluding hydrogens is 252 g/mol. The predicted octanol–water partition coefficient (Wildman–Crippen LogP) is 1.70. The minimum absolute atomic E-state index is 0.162. The summed E-state index contributed by atoms with van der Waals surface area (Å²) in [6, 6.07) is 3.78. The van der Waals surface area contributed by atoms with Crippen molar-refractivity contribution in [1.29, 1.82) is 0 Å². The summed E-state index contributed by atoms with van der Waals surface area (Å²) in [7, 11) is 0. The standard InChI is InChI=1S/C11H14N4O2S/c1-7(2)15-10(8-4-3-5-17-8)13-14-11(15)18-6-9(12)16/h3-5,7H,6H2,1-2H3,(H2,12,16). The van der Waals surface area contributed by atoms with Gasteiger partial charge in [0.2, 0.25) is 11.7 Å². The Morgan fingerprint density at radius 3 is 2.89 bits per heavy atom. The van der Waals surface area contributed by atoms with Crippen LogP contribution in [0.5, 0.6) is 0 Å². The highest BCUT2D eigenvalue weighted by Gasteiger charge is 2.18. The van der Waals surface area contributed by atoms with E-state index < -0.39 is 0 Å². The molecule has 0 aliphatic heterocycles. The minimum atomic E-state index is -0.377.